The van der Waals surface area contributed by atoms with Crippen LogP contribution in [0.4, 0.5) is 11.4 Å². The molecule has 1 heterocycles. The van der Waals surface area contributed by atoms with E-state index in [1.165, 1.54) is 25.1 Å². The van der Waals surface area contributed by atoms with Gasteiger partial charge in [-0.25, -0.2) is 0 Å². The Hall–Kier alpha value is -3.26. The van der Waals surface area contributed by atoms with Crippen molar-refractivity contribution in [1.29, 1.82) is 0 Å². The van der Waals surface area contributed by atoms with Crippen LogP contribution >= 0.6 is 0 Å². The van der Waals surface area contributed by atoms with Crippen LogP contribution in [0.5, 0.6) is 0 Å². The zero-order valence-corrected chi connectivity index (χ0v) is 15.4. The molecule has 0 aliphatic carbocycles. The summed E-state index contributed by atoms with van der Waals surface area (Å²) >= 11 is 0. The summed E-state index contributed by atoms with van der Waals surface area (Å²) in [5.74, 6) is -0.831. The summed E-state index contributed by atoms with van der Waals surface area (Å²) in [6.45, 7) is 2.63. The highest BCUT2D eigenvalue weighted by Crippen LogP contribution is 2.23. The van der Waals surface area contributed by atoms with Gasteiger partial charge in [-0.15, -0.1) is 0 Å². The lowest BCUT2D eigenvalue weighted by Gasteiger charge is -2.14. The number of para-hydroxylation sites is 1. The van der Waals surface area contributed by atoms with Crippen molar-refractivity contribution in [3.63, 3.8) is 0 Å². The normalized spacial score (nSPS) is 15.8. The molecule has 0 aromatic heterocycles. The summed E-state index contributed by atoms with van der Waals surface area (Å²) in [7, 11) is 0. The predicted molar refractivity (Wildman–Crippen MR) is 104 cm³/mol. The van der Waals surface area contributed by atoms with Crippen LogP contribution in [-0.2, 0) is 4.74 Å². The molecule has 2 amide bonds. The average Bonchev–Trinajstić information content (AvgIpc) is 3.20. The molecule has 146 valence electrons. The van der Waals surface area contributed by atoms with E-state index in [2.05, 4.69) is 10.6 Å². The van der Waals surface area contributed by atoms with Crippen LogP contribution in [-0.4, -0.2) is 36.0 Å². The molecule has 1 saturated heterocycles. The Balaban J connectivity index is 1.76. The standard InChI is InChI=1S/C20H21N3O5/c1-13-15(8-4-10-18(13)23(26)27)20(25)22-17-9-3-2-7-16(17)19(24)21-12-14-6-5-11-28-14/h2-4,7-10,14H,5-6,11-12H2,1H3,(H,21,24)(H,22,25)/t14-/m0/s1. The SMILES string of the molecule is Cc1c(C(=O)Nc2ccccc2C(=O)NC[C@@H]2CCCO2)cccc1[N+](=O)[O-]. The van der Waals surface area contributed by atoms with Gasteiger partial charge in [0.2, 0.25) is 0 Å². The first-order valence-electron chi connectivity index (χ1n) is 9.01. The van der Waals surface area contributed by atoms with Crippen molar-refractivity contribution in [3.8, 4) is 0 Å². The molecule has 1 aliphatic heterocycles. The van der Waals surface area contributed by atoms with Crippen LogP contribution in [0.25, 0.3) is 0 Å². The molecule has 1 aliphatic rings. The lowest BCUT2D eigenvalue weighted by Crippen LogP contribution is -2.32. The number of nitro groups is 1. The fourth-order valence-corrected chi connectivity index (χ4v) is 3.15. The molecule has 3 rings (SSSR count). The number of benzene rings is 2. The minimum atomic E-state index is -0.529. The summed E-state index contributed by atoms with van der Waals surface area (Å²) in [6.07, 6.45) is 1.90. The Kier molecular flexibility index (Phi) is 6.00. The molecule has 0 saturated carbocycles. The Bertz CT molecular complexity index is 906. The van der Waals surface area contributed by atoms with E-state index in [1.807, 2.05) is 0 Å². The maximum absolute atomic E-state index is 12.7. The third-order valence-corrected chi connectivity index (χ3v) is 4.68. The predicted octanol–water partition coefficient (Wildman–Crippen LogP) is 3.06. The van der Waals surface area contributed by atoms with Gasteiger partial charge in [-0.05, 0) is 38.0 Å². The number of hydrogen-bond donors (Lipinski definition) is 2. The van der Waals surface area contributed by atoms with Crippen LogP contribution in [0.3, 0.4) is 0 Å². The lowest BCUT2D eigenvalue weighted by molar-refractivity contribution is -0.385. The fraction of sp³-hybridized carbons (Fsp3) is 0.300. The van der Waals surface area contributed by atoms with Crippen molar-refractivity contribution in [2.24, 2.45) is 0 Å². The van der Waals surface area contributed by atoms with Gasteiger partial charge in [0.1, 0.15) is 0 Å². The zero-order valence-electron chi connectivity index (χ0n) is 15.4. The summed E-state index contributed by atoms with van der Waals surface area (Å²) in [4.78, 5) is 35.8. The van der Waals surface area contributed by atoms with E-state index in [0.29, 0.717) is 24.4 Å². The molecule has 0 spiro atoms. The maximum Gasteiger partial charge on any atom is 0.273 e. The van der Waals surface area contributed by atoms with Crippen LogP contribution in [0.2, 0.25) is 0 Å². The average molecular weight is 383 g/mol. The van der Waals surface area contributed by atoms with Crippen LogP contribution < -0.4 is 10.6 Å². The van der Waals surface area contributed by atoms with Gasteiger partial charge in [0.05, 0.1) is 22.3 Å². The molecule has 1 atom stereocenters. The van der Waals surface area contributed by atoms with E-state index in [-0.39, 0.29) is 28.8 Å². The molecule has 0 bridgehead atoms. The molecular weight excluding hydrogens is 362 g/mol. The van der Waals surface area contributed by atoms with E-state index in [4.69, 9.17) is 4.74 Å². The van der Waals surface area contributed by atoms with Crippen molar-refractivity contribution in [3.05, 3.63) is 69.3 Å². The molecule has 0 unspecified atom stereocenters. The molecule has 0 radical (unpaired) electrons. The van der Waals surface area contributed by atoms with Gasteiger partial charge in [-0.3, -0.25) is 19.7 Å². The second-order valence-corrected chi connectivity index (χ2v) is 6.55. The highest BCUT2D eigenvalue weighted by atomic mass is 16.6. The van der Waals surface area contributed by atoms with E-state index in [0.717, 1.165) is 12.8 Å². The minimum Gasteiger partial charge on any atom is -0.376 e. The Morgan fingerprint density at radius 1 is 1.14 bits per heavy atom. The van der Waals surface area contributed by atoms with Crippen molar-refractivity contribution in [2.75, 3.05) is 18.5 Å². The molecule has 8 nitrogen and oxygen atoms in total. The molecule has 28 heavy (non-hydrogen) atoms. The van der Waals surface area contributed by atoms with Gasteiger partial charge in [-0.2, -0.15) is 0 Å². The topological polar surface area (TPSA) is 111 Å². The summed E-state index contributed by atoms with van der Waals surface area (Å²) in [5, 5.41) is 16.6. The van der Waals surface area contributed by atoms with Gasteiger partial charge >= 0.3 is 0 Å². The Morgan fingerprint density at radius 2 is 1.89 bits per heavy atom. The molecular formula is C20H21N3O5. The largest absolute Gasteiger partial charge is 0.376 e. The number of amides is 2. The summed E-state index contributed by atoms with van der Waals surface area (Å²) < 4.78 is 5.50. The number of carbonyl (C=O) groups is 2. The molecule has 1 fully saturated rings. The van der Waals surface area contributed by atoms with Gasteiger partial charge < -0.3 is 15.4 Å². The van der Waals surface area contributed by atoms with Gasteiger partial charge in [0.25, 0.3) is 17.5 Å². The van der Waals surface area contributed by atoms with E-state index in [9.17, 15) is 19.7 Å². The second-order valence-electron chi connectivity index (χ2n) is 6.55. The van der Waals surface area contributed by atoms with Crippen molar-refractivity contribution in [2.45, 2.75) is 25.9 Å². The third-order valence-electron chi connectivity index (χ3n) is 4.68. The van der Waals surface area contributed by atoms with Crippen molar-refractivity contribution in [1.82, 2.24) is 5.32 Å². The van der Waals surface area contributed by atoms with Crippen LogP contribution in [0, 0.1) is 17.0 Å². The number of carbonyl (C=O) groups excluding carboxylic acids is 2. The van der Waals surface area contributed by atoms with E-state index < -0.39 is 10.8 Å². The highest BCUT2D eigenvalue weighted by Gasteiger charge is 2.21. The minimum absolute atomic E-state index is 0.0122. The summed E-state index contributed by atoms with van der Waals surface area (Å²) in [5.41, 5.74) is 0.976. The molecule has 2 N–H and O–H groups in total. The second kappa shape index (κ2) is 8.62. The molecule has 2 aromatic carbocycles. The first kappa shape index (κ1) is 19.5. The Labute approximate surface area is 162 Å². The van der Waals surface area contributed by atoms with Crippen LogP contribution in [0.1, 0.15) is 39.1 Å². The molecule has 8 heteroatoms. The summed E-state index contributed by atoms with van der Waals surface area (Å²) in [6, 6.07) is 10.9. The first-order valence-corrected chi connectivity index (χ1v) is 9.01. The zero-order chi connectivity index (χ0) is 20.1. The number of nitrogens with one attached hydrogen (secondary N) is 2. The quantitative estimate of drug-likeness (QED) is 0.588. The maximum atomic E-state index is 12.7. The molecule has 2 aromatic rings. The number of ether oxygens (including phenoxy) is 1. The third kappa shape index (κ3) is 4.34. The lowest BCUT2D eigenvalue weighted by atomic mass is 10.1. The number of nitrogens with zero attached hydrogens (tertiary/aromatic N) is 1. The van der Waals surface area contributed by atoms with Gasteiger partial charge in [-0.1, -0.05) is 18.2 Å². The monoisotopic (exact) mass is 383 g/mol. The van der Waals surface area contributed by atoms with E-state index >= 15 is 0 Å². The van der Waals surface area contributed by atoms with Crippen LogP contribution in [0.15, 0.2) is 42.5 Å². The highest BCUT2D eigenvalue weighted by molar-refractivity contribution is 6.09. The van der Waals surface area contributed by atoms with Gasteiger partial charge in [0, 0.05) is 30.3 Å². The number of nitro benzene ring substituents is 1. The van der Waals surface area contributed by atoms with Crippen molar-refractivity contribution >= 4 is 23.2 Å². The fourth-order valence-electron chi connectivity index (χ4n) is 3.15. The Morgan fingerprint density at radius 3 is 2.61 bits per heavy atom. The first-order chi connectivity index (χ1) is 13.5. The van der Waals surface area contributed by atoms with Gasteiger partial charge in [0.15, 0.2) is 0 Å². The number of anilines is 1. The number of rotatable bonds is 6. The van der Waals surface area contributed by atoms with Crippen molar-refractivity contribution < 1.29 is 19.2 Å². The van der Waals surface area contributed by atoms with E-state index in [1.54, 1.807) is 24.3 Å². The smallest absolute Gasteiger partial charge is 0.273 e. The number of hydrogen-bond acceptors (Lipinski definition) is 5.